The molecule has 7 heteroatoms. The molecule has 23 heavy (non-hydrogen) atoms. The molecule has 0 saturated carbocycles. The summed E-state index contributed by atoms with van der Waals surface area (Å²) in [7, 11) is 0. The Balaban J connectivity index is 1.35. The van der Waals surface area contributed by atoms with Gasteiger partial charge < -0.3 is 4.90 Å². The van der Waals surface area contributed by atoms with E-state index < -0.39 is 0 Å². The van der Waals surface area contributed by atoms with E-state index in [9.17, 15) is 0 Å². The highest BCUT2D eigenvalue weighted by molar-refractivity contribution is 7.20. The van der Waals surface area contributed by atoms with Crippen molar-refractivity contribution in [3.8, 4) is 9.88 Å². The van der Waals surface area contributed by atoms with E-state index >= 15 is 0 Å². The molecule has 0 radical (unpaired) electrons. The maximum atomic E-state index is 4.77. The van der Waals surface area contributed by atoms with Crippen LogP contribution in [0, 0.1) is 0 Å². The van der Waals surface area contributed by atoms with Crippen LogP contribution in [0.5, 0.6) is 0 Å². The summed E-state index contributed by atoms with van der Waals surface area (Å²) < 4.78 is 0. The number of nitrogens with zero attached hydrogens (tertiary/aromatic N) is 5. The third-order valence-electron chi connectivity index (χ3n) is 3.88. The van der Waals surface area contributed by atoms with Crippen molar-refractivity contribution in [3.05, 3.63) is 47.0 Å². The lowest BCUT2D eigenvalue weighted by Crippen LogP contribution is -2.46. The predicted octanol–water partition coefficient (Wildman–Crippen LogP) is 2.98. The summed E-state index contributed by atoms with van der Waals surface area (Å²) in [5.74, 6) is 0.834. The first kappa shape index (κ1) is 14.7. The lowest BCUT2D eigenvalue weighted by molar-refractivity contribution is 0.246. The highest BCUT2D eigenvalue weighted by atomic mass is 32.1. The number of thiophene rings is 1. The molecule has 4 heterocycles. The minimum atomic E-state index is 0.834. The Morgan fingerprint density at radius 2 is 1.83 bits per heavy atom. The van der Waals surface area contributed by atoms with Gasteiger partial charge >= 0.3 is 0 Å². The van der Waals surface area contributed by atoms with Gasteiger partial charge in [-0.05, 0) is 17.5 Å². The van der Waals surface area contributed by atoms with E-state index in [1.54, 1.807) is 35.1 Å². The van der Waals surface area contributed by atoms with Gasteiger partial charge in [0, 0.05) is 50.5 Å². The normalized spacial score (nSPS) is 15.9. The SMILES string of the molecule is c1cnc(N2CCN(Cc3csc(-c4cccs4)n3)CC2)nc1. The summed E-state index contributed by atoms with van der Waals surface area (Å²) in [6, 6.07) is 6.06. The van der Waals surface area contributed by atoms with Gasteiger partial charge in [-0.2, -0.15) is 0 Å². The van der Waals surface area contributed by atoms with Gasteiger partial charge in [0.25, 0.3) is 0 Å². The molecule has 118 valence electrons. The Bertz CT molecular complexity index is 733. The Morgan fingerprint density at radius 3 is 2.57 bits per heavy atom. The van der Waals surface area contributed by atoms with Crippen LogP contribution < -0.4 is 4.90 Å². The zero-order valence-corrected chi connectivity index (χ0v) is 14.3. The monoisotopic (exact) mass is 343 g/mol. The number of piperazine rings is 1. The van der Waals surface area contributed by atoms with Crippen molar-refractivity contribution in [1.82, 2.24) is 19.9 Å². The molecule has 3 aromatic rings. The number of thiazole rings is 1. The van der Waals surface area contributed by atoms with Crippen LogP contribution in [0.3, 0.4) is 0 Å². The number of hydrogen-bond donors (Lipinski definition) is 0. The standard InChI is InChI=1S/C16H17N5S2/c1-3-14(22-10-1)15-19-13(12-23-15)11-20-6-8-21(9-7-20)16-17-4-2-5-18-16/h1-5,10,12H,6-9,11H2. The quantitative estimate of drug-likeness (QED) is 0.729. The fourth-order valence-corrected chi connectivity index (χ4v) is 4.31. The maximum Gasteiger partial charge on any atom is 0.225 e. The zero-order valence-electron chi connectivity index (χ0n) is 12.6. The van der Waals surface area contributed by atoms with Crippen LogP contribution in [0.4, 0.5) is 5.95 Å². The summed E-state index contributed by atoms with van der Waals surface area (Å²) >= 11 is 3.48. The third kappa shape index (κ3) is 3.41. The average Bonchev–Trinajstić information content (AvgIpc) is 3.28. The largest absolute Gasteiger partial charge is 0.338 e. The van der Waals surface area contributed by atoms with Crippen LogP contribution in [0.25, 0.3) is 9.88 Å². The zero-order chi connectivity index (χ0) is 15.5. The van der Waals surface area contributed by atoms with E-state index in [0.717, 1.165) is 43.7 Å². The molecule has 0 amide bonds. The predicted molar refractivity (Wildman–Crippen MR) is 94.9 cm³/mol. The Kier molecular flexibility index (Phi) is 4.32. The maximum absolute atomic E-state index is 4.77. The summed E-state index contributed by atoms with van der Waals surface area (Å²) in [6.07, 6.45) is 3.60. The van der Waals surface area contributed by atoms with E-state index in [2.05, 4.69) is 42.7 Å². The van der Waals surface area contributed by atoms with E-state index in [1.165, 1.54) is 10.6 Å². The molecule has 0 bridgehead atoms. The lowest BCUT2D eigenvalue weighted by atomic mass is 10.3. The van der Waals surface area contributed by atoms with Gasteiger partial charge in [-0.25, -0.2) is 15.0 Å². The summed E-state index contributed by atoms with van der Waals surface area (Å²) in [4.78, 5) is 19.4. The van der Waals surface area contributed by atoms with Crippen molar-refractivity contribution in [2.45, 2.75) is 6.54 Å². The average molecular weight is 343 g/mol. The molecule has 0 N–H and O–H groups in total. The molecular weight excluding hydrogens is 326 g/mol. The molecule has 1 saturated heterocycles. The van der Waals surface area contributed by atoms with Crippen LogP contribution in [0.15, 0.2) is 41.4 Å². The summed E-state index contributed by atoms with van der Waals surface area (Å²) in [5, 5.41) is 5.41. The molecule has 1 aliphatic heterocycles. The first-order chi connectivity index (χ1) is 11.4. The molecule has 1 aliphatic rings. The van der Waals surface area contributed by atoms with Crippen molar-refractivity contribution >= 4 is 28.6 Å². The molecule has 0 aliphatic carbocycles. The molecule has 0 atom stereocenters. The van der Waals surface area contributed by atoms with Gasteiger partial charge in [0.2, 0.25) is 5.95 Å². The molecular formula is C16H17N5S2. The Morgan fingerprint density at radius 1 is 1.00 bits per heavy atom. The van der Waals surface area contributed by atoms with Gasteiger partial charge in [-0.1, -0.05) is 6.07 Å². The second-order valence-electron chi connectivity index (χ2n) is 5.43. The van der Waals surface area contributed by atoms with Crippen molar-refractivity contribution in [1.29, 1.82) is 0 Å². The van der Waals surface area contributed by atoms with Crippen LogP contribution in [-0.2, 0) is 6.54 Å². The van der Waals surface area contributed by atoms with E-state index in [0.29, 0.717) is 0 Å². The first-order valence-electron chi connectivity index (χ1n) is 7.61. The third-order valence-corrected chi connectivity index (χ3v) is 5.81. The second kappa shape index (κ2) is 6.74. The van der Waals surface area contributed by atoms with Gasteiger partial charge in [0.05, 0.1) is 10.6 Å². The summed E-state index contributed by atoms with van der Waals surface area (Å²) in [5.41, 5.74) is 1.17. The number of aromatic nitrogens is 3. The van der Waals surface area contributed by atoms with Crippen molar-refractivity contribution < 1.29 is 0 Å². The van der Waals surface area contributed by atoms with Crippen molar-refractivity contribution in [2.24, 2.45) is 0 Å². The van der Waals surface area contributed by atoms with Gasteiger partial charge in [0.15, 0.2) is 0 Å². The van der Waals surface area contributed by atoms with Crippen LogP contribution in [0.1, 0.15) is 5.69 Å². The minimum absolute atomic E-state index is 0.834. The highest BCUT2D eigenvalue weighted by Crippen LogP contribution is 2.28. The lowest BCUT2D eigenvalue weighted by Gasteiger charge is -2.34. The Hall–Kier alpha value is -1.83. The molecule has 4 rings (SSSR count). The van der Waals surface area contributed by atoms with Gasteiger partial charge in [-0.15, -0.1) is 22.7 Å². The topological polar surface area (TPSA) is 45.2 Å². The molecule has 5 nitrogen and oxygen atoms in total. The smallest absolute Gasteiger partial charge is 0.225 e. The molecule has 1 fully saturated rings. The number of rotatable bonds is 4. The van der Waals surface area contributed by atoms with Gasteiger partial charge in [-0.3, -0.25) is 4.90 Å². The van der Waals surface area contributed by atoms with Crippen LogP contribution in [-0.4, -0.2) is 46.0 Å². The number of anilines is 1. The van der Waals surface area contributed by atoms with Crippen LogP contribution >= 0.6 is 22.7 Å². The van der Waals surface area contributed by atoms with E-state index in [1.807, 2.05) is 6.07 Å². The van der Waals surface area contributed by atoms with Gasteiger partial charge in [0.1, 0.15) is 5.01 Å². The first-order valence-corrected chi connectivity index (χ1v) is 9.37. The fraction of sp³-hybridized carbons (Fsp3) is 0.312. The van der Waals surface area contributed by atoms with E-state index in [4.69, 9.17) is 4.98 Å². The second-order valence-corrected chi connectivity index (χ2v) is 7.24. The fourth-order valence-electron chi connectivity index (χ4n) is 2.68. The molecule has 0 spiro atoms. The minimum Gasteiger partial charge on any atom is -0.338 e. The Labute approximate surface area is 143 Å². The highest BCUT2D eigenvalue weighted by Gasteiger charge is 2.19. The van der Waals surface area contributed by atoms with E-state index in [-0.39, 0.29) is 0 Å². The van der Waals surface area contributed by atoms with Crippen molar-refractivity contribution in [3.63, 3.8) is 0 Å². The molecule has 0 unspecified atom stereocenters. The molecule has 0 aromatic carbocycles. The van der Waals surface area contributed by atoms with Crippen LogP contribution in [0.2, 0.25) is 0 Å². The summed E-state index contributed by atoms with van der Waals surface area (Å²) in [6.45, 7) is 4.89. The number of hydrogen-bond acceptors (Lipinski definition) is 7. The van der Waals surface area contributed by atoms with Crippen molar-refractivity contribution in [2.75, 3.05) is 31.1 Å². The molecule has 3 aromatic heterocycles.